The van der Waals surface area contributed by atoms with Gasteiger partial charge in [-0.15, -0.1) is 6.58 Å². The number of aliphatic hydroxyl groups is 6. The Morgan fingerprint density at radius 3 is 1.53 bits per heavy atom. The quantitative estimate of drug-likeness (QED) is 0.119. The van der Waals surface area contributed by atoms with Crippen molar-refractivity contribution in [1.29, 1.82) is 0 Å². The molecule has 0 fully saturated rings. The minimum atomic E-state index is -3.59. The van der Waals surface area contributed by atoms with Crippen molar-refractivity contribution >= 4 is 0 Å². The van der Waals surface area contributed by atoms with Gasteiger partial charge in [0, 0.05) is 36.1 Å². The molecule has 0 spiro atoms. The fourth-order valence-electron chi connectivity index (χ4n) is 3.61. The Morgan fingerprint density at radius 1 is 0.722 bits per heavy atom. The Kier molecular flexibility index (Phi) is 8.87. The van der Waals surface area contributed by atoms with Crippen LogP contribution in [0.3, 0.4) is 0 Å². The van der Waals surface area contributed by atoms with Crippen molar-refractivity contribution in [2.45, 2.75) is 42.4 Å². The lowest BCUT2D eigenvalue weighted by Crippen LogP contribution is -2.66. The summed E-state index contributed by atoms with van der Waals surface area (Å²) < 4.78 is 111. The van der Waals surface area contributed by atoms with Crippen LogP contribution in [-0.4, -0.2) is 66.8 Å². The third-order valence-corrected chi connectivity index (χ3v) is 5.70. The van der Waals surface area contributed by atoms with Crippen LogP contribution in [0.25, 0.3) is 0 Å². The monoisotopic (exact) mass is 532 g/mol. The highest BCUT2D eigenvalue weighted by atomic mass is 19.2. The van der Waals surface area contributed by atoms with Crippen molar-refractivity contribution in [2.24, 2.45) is 0 Å². The lowest BCUT2D eigenvalue weighted by atomic mass is 9.72. The van der Waals surface area contributed by atoms with Crippen LogP contribution in [0.1, 0.15) is 11.1 Å². The topological polar surface area (TPSA) is 121 Å². The van der Waals surface area contributed by atoms with Gasteiger partial charge in [-0.2, -0.15) is 0 Å². The van der Waals surface area contributed by atoms with E-state index in [-0.39, 0.29) is 12.1 Å². The molecule has 5 atom stereocenters. The SMILES string of the molecule is C=CC(O)(Cc1c(F)cc(F)c(F)c1F)[C@@H](O)[C@@](O)(Cc1c(F)cc(F)c(F)c1F)[C@H](O)[C@@H](O)CO. The fraction of sp³-hybridized carbons (Fsp3) is 0.364. The Hall–Kier alpha value is -2.62. The van der Waals surface area contributed by atoms with Crippen LogP contribution in [0.4, 0.5) is 35.1 Å². The average Bonchev–Trinajstić information content (AvgIpc) is 2.84. The molecule has 1 unspecified atom stereocenters. The molecule has 0 aliphatic carbocycles. The summed E-state index contributed by atoms with van der Waals surface area (Å²) in [5, 5.41) is 61.9. The molecule has 0 bridgehead atoms. The van der Waals surface area contributed by atoms with Crippen molar-refractivity contribution in [2.75, 3.05) is 6.61 Å². The Balaban J connectivity index is 2.69. The van der Waals surface area contributed by atoms with Crippen LogP contribution < -0.4 is 0 Å². The molecule has 2 rings (SSSR count). The summed E-state index contributed by atoms with van der Waals surface area (Å²) in [6, 6.07) is -0.284. The van der Waals surface area contributed by atoms with E-state index >= 15 is 0 Å². The number of hydrogen-bond donors (Lipinski definition) is 6. The molecule has 0 aliphatic heterocycles. The maximum absolute atomic E-state index is 14.3. The van der Waals surface area contributed by atoms with E-state index in [1.165, 1.54) is 0 Å². The number of aliphatic hydroxyl groups excluding tert-OH is 4. The minimum Gasteiger partial charge on any atom is -0.394 e. The molecule has 36 heavy (non-hydrogen) atoms. The molecule has 0 saturated carbocycles. The summed E-state index contributed by atoms with van der Waals surface area (Å²) in [5.74, 6) is -16.5. The van der Waals surface area contributed by atoms with E-state index in [0.717, 1.165) is 0 Å². The molecular weight excluding hydrogens is 512 g/mol. The predicted molar refractivity (Wildman–Crippen MR) is 105 cm³/mol. The normalized spacial score (nSPS) is 17.7. The van der Waals surface area contributed by atoms with Crippen LogP contribution in [0, 0.1) is 46.5 Å². The zero-order valence-electron chi connectivity index (χ0n) is 18.0. The van der Waals surface area contributed by atoms with Gasteiger partial charge in [-0.1, -0.05) is 6.08 Å². The zero-order chi connectivity index (χ0) is 27.7. The van der Waals surface area contributed by atoms with E-state index in [2.05, 4.69) is 6.58 Å². The van der Waals surface area contributed by atoms with Gasteiger partial charge in [0.1, 0.15) is 41.1 Å². The van der Waals surface area contributed by atoms with Gasteiger partial charge in [0.25, 0.3) is 0 Å². The second-order valence-corrected chi connectivity index (χ2v) is 8.03. The maximum Gasteiger partial charge on any atom is 0.194 e. The van der Waals surface area contributed by atoms with E-state index in [0.29, 0.717) is 6.08 Å². The Morgan fingerprint density at radius 2 is 1.14 bits per heavy atom. The van der Waals surface area contributed by atoms with Gasteiger partial charge in [0.2, 0.25) is 0 Å². The van der Waals surface area contributed by atoms with Crippen molar-refractivity contribution in [1.82, 2.24) is 0 Å². The van der Waals surface area contributed by atoms with E-state index in [1.54, 1.807) is 0 Å². The Labute approximate surface area is 198 Å². The van der Waals surface area contributed by atoms with Crippen molar-refractivity contribution in [3.05, 3.63) is 82.5 Å². The summed E-state index contributed by atoms with van der Waals surface area (Å²) >= 11 is 0. The minimum absolute atomic E-state index is 0.119. The van der Waals surface area contributed by atoms with Gasteiger partial charge in [-0.05, 0) is 0 Å². The molecule has 6 nitrogen and oxygen atoms in total. The highest BCUT2D eigenvalue weighted by Gasteiger charge is 2.54. The standard InChI is InChI=1S/C22H20F8O6/c1-2-21(35,5-8-10(23)3-12(25)17(29)15(8)27)20(34)22(36,19(33)14(32)7-31)6-9-11(24)4-13(26)18(30)16(9)28/h2-4,14,19-20,31-36H,1,5-7H2/t14-,19+,20+,21?,22+/m0/s1. The predicted octanol–water partition coefficient (Wildman–Crippen LogP) is 1.31. The summed E-state index contributed by atoms with van der Waals surface area (Å²) in [4.78, 5) is 0. The third-order valence-electron chi connectivity index (χ3n) is 5.70. The van der Waals surface area contributed by atoms with E-state index in [1.807, 2.05) is 0 Å². The van der Waals surface area contributed by atoms with Crippen molar-refractivity contribution < 1.29 is 65.8 Å². The van der Waals surface area contributed by atoms with Crippen LogP contribution in [0.2, 0.25) is 0 Å². The van der Waals surface area contributed by atoms with Gasteiger partial charge in [0.15, 0.2) is 34.9 Å². The maximum atomic E-state index is 14.3. The first kappa shape index (κ1) is 29.6. The molecular formula is C22H20F8O6. The van der Waals surface area contributed by atoms with Crippen LogP contribution in [0.15, 0.2) is 24.8 Å². The smallest absolute Gasteiger partial charge is 0.194 e. The average molecular weight is 532 g/mol. The van der Waals surface area contributed by atoms with Gasteiger partial charge in [-0.3, -0.25) is 0 Å². The molecule has 0 radical (unpaired) electrons. The Bertz CT molecular complexity index is 1150. The van der Waals surface area contributed by atoms with E-state index < -0.39 is 107 Å². The molecule has 2 aromatic rings. The third kappa shape index (κ3) is 5.23. The summed E-state index contributed by atoms with van der Waals surface area (Å²) in [5.41, 5.74) is -9.75. The highest BCUT2D eigenvalue weighted by molar-refractivity contribution is 5.30. The zero-order valence-corrected chi connectivity index (χ0v) is 18.0. The molecule has 0 saturated heterocycles. The summed E-state index contributed by atoms with van der Waals surface area (Å²) in [6.07, 6.45) is -11.3. The summed E-state index contributed by atoms with van der Waals surface area (Å²) in [6.45, 7) is 1.71. The molecule has 14 heteroatoms. The molecule has 0 aromatic heterocycles. The van der Waals surface area contributed by atoms with Crippen molar-refractivity contribution in [3.63, 3.8) is 0 Å². The largest absolute Gasteiger partial charge is 0.394 e. The first-order valence-electron chi connectivity index (χ1n) is 9.92. The molecule has 0 heterocycles. The second-order valence-electron chi connectivity index (χ2n) is 8.03. The van der Waals surface area contributed by atoms with Crippen LogP contribution in [0.5, 0.6) is 0 Å². The molecule has 200 valence electrons. The van der Waals surface area contributed by atoms with Crippen LogP contribution in [-0.2, 0) is 12.8 Å². The highest BCUT2D eigenvalue weighted by Crippen LogP contribution is 2.36. The van der Waals surface area contributed by atoms with E-state index in [4.69, 9.17) is 5.11 Å². The molecule has 0 aliphatic rings. The van der Waals surface area contributed by atoms with Gasteiger partial charge < -0.3 is 30.6 Å². The van der Waals surface area contributed by atoms with Crippen LogP contribution >= 0.6 is 0 Å². The molecule has 0 amide bonds. The first-order chi connectivity index (χ1) is 16.5. The van der Waals surface area contributed by atoms with Crippen molar-refractivity contribution in [3.8, 4) is 0 Å². The fourth-order valence-corrected chi connectivity index (χ4v) is 3.61. The number of halogens is 8. The lowest BCUT2D eigenvalue weighted by molar-refractivity contribution is -0.218. The first-order valence-corrected chi connectivity index (χ1v) is 9.92. The van der Waals surface area contributed by atoms with Gasteiger partial charge in [0.05, 0.1) is 6.61 Å². The molecule has 2 aromatic carbocycles. The second kappa shape index (κ2) is 10.8. The molecule has 6 N–H and O–H groups in total. The summed E-state index contributed by atoms with van der Waals surface area (Å²) in [7, 11) is 0. The number of rotatable bonds is 10. The lowest BCUT2D eigenvalue weighted by Gasteiger charge is -2.45. The van der Waals surface area contributed by atoms with Gasteiger partial charge in [-0.25, -0.2) is 35.1 Å². The number of hydrogen-bond acceptors (Lipinski definition) is 6. The van der Waals surface area contributed by atoms with E-state index in [9.17, 15) is 60.7 Å². The van der Waals surface area contributed by atoms with Gasteiger partial charge >= 0.3 is 0 Å². The number of benzene rings is 2.